The Balaban J connectivity index is 1.33. The highest BCUT2D eigenvalue weighted by atomic mass is 19.1. The van der Waals surface area contributed by atoms with Crippen LogP contribution in [0.2, 0.25) is 0 Å². The number of fused-ring (bicyclic) bond motifs is 1. The van der Waals surface area contributed by atoms with Crippen LogP contribution in [0.15, 0.2) is 54.6 Å². The van der Waals surface area contributed by atoms with Crippen molar-refractivity contribution >= 4 is 22.6 Å². The van der Waals surface area contributed by atoms with Gasteiger partial charge in [-0.3, -0.25) is 4.79 Å². The monoisotopic (exact) mass is 405 g/mol. The van der Waals surface area contributed by atoms with Crippen molar-refractivity contribution in [3.8, 4) is 0 Å². The van der Waals surface area contributed by atoms with Gasteiger partial charge in [0.2, 0.25) is 5.91 Å². The first-order chi connectivity index (χ1) is 14.5. The molecule has 5 heteroatoms. The fraction of sp³-hybridized carbons (Fsp3) is 0.360. The van der Waals surface area contributed by atoms with Crippen molar-refractivity contribution < 1.29 is 9.18 Å². The fourth-order valence-electron chi connectivity index (χ4n) is 4.37. The summed E-state index contributed by atoms with van der Waals surface area (Å²) in [5, 5.41) is 7.72. The number of aryl methyl sites for hydroxylation is 1. The summed E-state index contributed by atoms with van der Waals surface area (Å²) >= 11 is 0. The Morgan fingerprint density at radius 2 is 1.77 bits per heavy atom. The second-order valence-electron chi connectivity index (χ2n) is 8.29. The van der Waals surface area contributed by atoms with Crippen molar-refractivity contribution in [3.63, 3.8) is 0 Å². The molecule has 156 valence electrons. The number of nitrogens with one attached hydrogen (secondary N) is 2. The lowest BCUT2D eigenvalue weighted by atomic mass is 9.85. The molecule has 4 nitrogen and oxygen atoms in total. The lowest BCUT2D eigenvalue weighted by molar-refractivity contribution is -0.126. The van der Waals surface area contributed by atoms with Crippen molar-refractivity contribution in [2.45, 2.75) is 51.6 Å². The minimum atomic E-state index is -0.334. The number of nitrogens with zero attached hydrogens (tertiary/aromatic N) is 1. The maximum absolute atomic E-state index is 14.0. The normalized spacial score (nSPS) is 20.0. The Bertz CT molecular complexity index is 1040. The first kappa shape index (κ1) is 20.3. The summed E-state index contributed by atoms with van der Waals surface area (Å²) in [6.07, 6.45) is 3.47. The molecular weight excluding hydrogens is 377 g/mol. The number of hydrogen-bond acceptors (Lipinski definition) is 3. The number of rotatable bonds is 5. The molecule has 1 aliphatic rings. The Kier molecular flexibility index (Phi) is 5.98. The molecule has 1 unspecified atom stereocenters. The molecule has 2 aromatic carbocycles. The molecule has 2 N–H and O–H groups in total. The van der Waals surface area contributed by atoms with E-state index >= 15 is 0 Å². The molecular formula is C25H28FN3O. The van der Waals surface area contributed by atoms with Gasteiger partial charge in [0.1, 0.15) is 11.6 Å². The van der Waals surface area contributed by atoms with Gasteiger partial charge in [-0.1, -0.05) is 36.4 Å². The average molecular weight is 406 g/mol. The van der Waals surface area contributed by atoms with Crippen LogP contribution in [0.5, 0.6) is 0 Å². The van der Waals surface area contributed by atoms with E-state index in [9.17, 15) is 9.18 Å². The van der Waals surface area contributed by atoms with Crippen LogP contribution in [0.3, 0.4) is 0 Å². The molecule has 0 radical (unpaired) electrons. The molecule has 1 aliphatic carbocycles. The number of carbonyl (C=O) groups excluding carboxylic acids is 1. The molecule has 1 heterocycles. The molecule has 1 saturated carbocycles. The highest BCUT2D eigenvalue weighted by Crippen LogP contribution is 2.28. The molecule has 4 rings (SSSR count). The van der Waals surface area contributed by atoms with E-state index in [-0.39, 0.29) is 23.7 Å². The maximum atomic E-state index is 14.0. The molecule has 1 aromatic heterocycles. The first-order valence-corrected chi connectivity index (χ1v) is 10.7. The number of para-hydroxylation sites is 1. The van der Waals surface area contributed by atoms with Crippen molar-refractivity contribution in [2.75, 3.05) is 5.32 Å². The van der Waals surface area contributed by atoms with Gasteiger partial charge in [0.25, 0.3) is 0 Å². The van der Waals surface area contributed by atoms with E-state index in [2.05, 4.69) is 29.7 Å². The lowest BCUT2D eigenvalue weighted by Gasteiger charge is -2.29. The molecule has 0 aliphatic heterocycles. The van der Waals surface area contributed by atoms with E-state index in [4.69, 9.17) is 4.98 Å². The summed E-state index contributed by atoms with van der Waals surface area (Å²) in [4.78, 5) is 17.4. The van der Waals surface area contributed by atoms with E-state index in [0.717, 1.165) is 37.0 Å². The quantitative estimate of drug-likeness (QED) is 0.587. The summed E-state index contributed by atoms with van der Waals surface area (Å²) in [6.45, 7) is 3.93. The Morgan fingerprint density at radius 1 is 1.07 bits per heavy atom. The summed E-state index contributed by atoms with van der Waals surface area (Å²) in [6, 6.07) is 16.8. The van der Waals surface area contributed by atoms with Crippen LogP contribution in [0.4, 0.5) is 10.2 Å². The average Bonchev–Trinajstić information content (AvgIpc) is 2.74. The highest BCUT2D eigenvalue weighted by molar-refractivity contribution is 5.83. The number of carbonyl (C=O) groups is 1. The van der Waals surface area contributed by atoms with E-state index in [1.807, 2.05) is 25.1 Å². The first-order valence-electron chi connectivity index (χ1n) is 10.7. The van der Waals surface area contributed by atoms with Gasteiger partial charge in [-0.15, -0.1) is 0 Å². The number of halogens is 1. The topological polar surface area (TPSA) is 54.0 Å². The molecule has 1 fully saturated rings. The van der Waals surface area contributed by atoms with Gasteiger partial charge in [0.05, 0.1) is 11.6 Å². The number of aromatic nitrogens is 1. The molecule has 1 amide bonds. The van der Waals surface area contributed by atoms with Crippen LogP contribution in [-0.2, 0) is 4.79 Å². The fourth-order valence-corrected chi connectivity index (χ4v) is 4.37. The molecule has 0 spiro atoms. The number of pyridine rings is 1. The third-order valence-corrected chi connectivity index (χ3v) is 6.10. The predicted molar refractivity (Wildman–Crippen MR) is 119 cm³/mol. The summed E-state index contributed by atoms with van der Waals surface area (Å²) in [5.74, 6) is 0.608. The largest absolute Gasteiger partial charge is 0.367 e. The smallest absolute Gasteiger partial charge is 0.223 e. The molecule has 0 saturated heterocycles. The van der Waals surface area contributed by atoms with Crippen LogP contribution in [-0.4, -0.2) is 16.9 Å². The van der Waals surface area contributed by atoms with Crippen LogP contribution < -0.4 is 10.6 Å². The predicted octanol–water partition coefficient (Wildman–Crippen LogP) is 5.53. The van der Waals surface area contributed by atoms with E-state index < -0.39 is 0 Å². The SMILES string of the molecule is Cc1cc(NC2CCC(C(=O)NC(C)c3ccccc3F)CC2)nc2ccccc12. The van der Waals surface area contributed by atoms with Crippen molar-refractivity contribution in [1.82, 2.24) is 10.3 Å². The second-order valence-corrected chi connectivity index (χ2v) is 8.29. The van der Waals surface area contributed by atoms with Crippen LogP contribution >= 0.6 is 0 Å². The van der Waals surface area contributed by atoms with Gasteiger partial charge >= 0.3 is 0 Å². The lowest BCUT2D eigenvalue weighted by Crippen LogP contribution is -2.37. The van der Waals surface area contributed by atoms with E-state index in [1.165, 1.54) is 17.0 Å². The molecule has 30 heavy (non-hydrogen) atoms. The number of benzene rings is 2. The standard InChI is InChI=1S/C25H28FN3O/c1-16-15-24(29-23-10-6-4-7-20(16)23)28-19-13-11-18(12-14-19)25(30)27-17(2)21-8-3-5-9-22(21)26/h3-10,15,17-19H,11-14H2,1-2H3,(H,27,30)(H,28,29). The number of amides is 1. The van der Waals surface area contributed by atoms with Gasteiger partial charge in [-0.2, -0.15) is 0 Å². The minimum Gasteiger partial charge on any atom is -0.367 e. The minimum absolute atomic E-state index is 0.0175. The summed E-state index contributed by atoms with van der Waals surface area (Å²) in [7, 11) is 0. The Hall–Kier alpha value is -2.95. The van der Waals surface area contributed by atoms with Gasteiger partial charge in [-0.25, -0.2) is 9.37 Å². The summed E-state index contributed by atoms with van der Waals surface area (Å²) < 4.78 is 14.0. The van der Waals surface area contributed by atoms with E-state index in [0.29, 0.717) is 11.6 Å². The highest BCUT2D eigenvalue weighted by Gasteiger charge is 2.27. The zero-order valence-electron chi connectivity index (χ0n) is 17.5. The molecule has 3 aromatic rings. The third kappa shape index (κ3) is 4.45. The zero-order chi connectivity index (χ0) is 21.1. The molecule has 1 atom stereocenters. The Labute approximate surface area is 176 Å². The number of hydrogen-bond donors (Lipinski definition) is 2. The third-order valence-electron chi connectivity index (χ3n) is 6.10. The van der Waals surface area contributed by atoms with E-state index in [1.54, 1.807) is 18.2 Å². The number of anilines is 1. The zero-order valence-corrected chi connectivity index (χ0v) is 17.5. The van der Waals surface area contributed by atoms with Crippen LogP contribution in [0.1, 0.15) is 49.8 Å². The van der Waals surface area contributed by atoms with Gasteiger partial charge in [0, 0.05) is 22.9 Å². The maximum Gasteiger partial charge on any atom is 0.223 e. The van der Waals surface area contributed by atoms with Crippen LogP contribution in [0, 0.1) is 18.7 Å². The second kappa shape index (κ2) is 8.82. The molecule has 0 bridgehead atoms. The van der Waals surface area contributed by atoms with Crippen molar-refractivity contribution in [2.24, 2.45) is 5.92 Å². The summed E-state index contributed by atoms with van der Waals surface area (Å²) in [5.41, 5.74) is 2.73. The van der Waals surface area contributed by atoms with Gasteiger partial charge < -0.3 is 10.6 Å². The van der Waals surface area contributed by atoms with Crippen molar-refractivity contribution in [1.29, 1.82) is 0 Å². The Morgan fingerprint density at radius 3 is 2.53 bits per heavy atom. The van der Waals surface area contributed by atoms with Gasteiger partial charge in [0.15, 0.2) is 0 Å². The van der Waals surface area contributed by atoms with Crippen molar-refractivity contribution in [3.05, 3.63) is 71.5 Å². The van der Waals surface area contributed by atoms with Gasteiger partial charge in [-0.05, 0) is 63.3 Å². The van der Waals surface area contributed by atoms with Crippen LogP contribution in [0.25, 0.3) is 10.9 Å².